The molecule has 2 aromatic rings. The van der Waals surface area contributed by atoms with Crippen LogP contribution in [0.15, 0.2) is 30.3 Å². The molecule has 0 spiro atoms. The largest absolute Gasteiger partial charge is 0.481 e. The topological polar surface area (TPSA) is 76.2 Å². The van der Waals surface area contributed by atoms with Crippen molar-refractivity contribution in [2.45, 2.75) is 20.3 Å². The summed E-state index contributed by atoms with van der Waals surface area (Å²) in [7, 11) is 0. The first-order valence-corrected chi connectivity index (χ1v) is 6.02. The van der Waals surface area contributed by atoms with E-state index in [9.17, 15) is 4.79 Å². The molecular formula is C15H16N2O2. The molecule has 0 unspecified atom stereocenters. The number of aliphatic carboxylic acids is 1. The van der Waals surface area contributed by atoms with Crippen LogP contribution < -0.4 is 5.73 Å². The van der Waals surface area contributed by atoms with Crippen molar-refractivity contribution in [1.29, 1.82) is 0 Å². The maximum atomic E-state index is 10.8. The van der Waals surface area contributed by atoms with Gasteiger partial charge in [0.2, 0.25) is 0 Å². The van der Waals surface area contributed by atoms with Crippen molar-refractivity contribution in [1.82, 2.24) is 4.98 Å². The van der Waals surface area contributed by atoms with Crippen LogP contribution in [0.4, 0.5) is 5.82 Å². The number of benzene rings is 1. The number of nitrogen functional groups attached to an aromatic ring is 1. The molecule has 1 aromatic carbocycles. The number of carbonyl (C=O) groups is 1. The molecule has 1 heterocycles. The molecule has 0 amide bonds. The van der Waals surface area contributed by atoms with Crippen molar-refractivity contribution >= 4 is 11.8 Å². The highest BCUT2D eigenvalue weighted by Crippen LogP contribution is 2.28. The van der Waals surface area contributed by atoms with Gasteiger partial charge in [-0.3, -0.25) is 4.79 Å². The van der Waals surface area contributed by atoms with Crippen LogP contribution in [0.2, 0.25) is 0 Å². The summed E-state index contributed by atoms with van der Waals surface area (Å²) in [6, 6.07) is 9.35. The number of carboxylic acids is 1. The maximum absolute atomic E-state index is 10.8. The van der Waals surface area contributed by atoms with Crippen molar-refractivity contribution < 1.29 is 9.90 Å². The Labute approximate surface area is 111 Å². The fourth-order valence-electron chi connectivity index (χ4n) is 2.31. The second kappa shape index (κ2) is 5.10. The summed E-state index contributed by atoms with van der Waals surface area (Å²) >= 11 is 0. The van der Waals surface area contributed by atoms with Gasteiger partial charge in [0.05, 0.1) is 6.42 Å². The normalized spacial score (nSPS) is 10.4. The molecule has 3 N–H and O–H groups in total. The quantitative estimate of drug-likeness (QED) is 0.884. The Kier molecular flexibility index (Phi) is 3.51. The molecule has 0 saturated heterocycles. The molecule has 0 fully saturated rings. The van der Waals surface area contributed by atoms with E-state index in [0.29, 0.717) is 5.82 Å². The van der Waals surface area contributed by atoms with Crippen LogP contribution in [0.25, 0.3) is 11.1 Å². The van der Waals surface area contributed by atoms with Gasteiger partial charge in [0.25, 0.3) is 0 Å². The van der Waals surface area contributed by atoms with Crippen LogP contribution in [0.1, 0.15) is 16.8 Å². The highest BCUT2D eigenvalue weighted by atomic mass is 16.4. The number of aromatic nitrogens is 1. The van der Waals surface area contributed by atoms with Gasteiger partial charge in [0, 0.05) is 11.3 Å². The third kappa shape index (κ3) is 2.91. The van der Waals surface area contributed by atoms with Gasteiger partial charge in [0.15, 0.2) is 0 Å². The maximum Gasteiger partial charge on any atom is 0.307 e. The number of hydrogen-bond acceptors (Lipinski definition) is 3. The number of nitrogens with zero attached hydrogens (tertiary/aromatic N) is 1. The molecule has 0 aliphatic rings. The minimum absolute atomic E-state index is 0.0222. The van der Waals surface area contributed by atoms with E-state index in [1.54, 1.807) is 0 Å². The van der Waals surface area contributed by atoms with E-state index >= 15 is 0 Å². The standard InChI is InChI=1S/C15H16N2O2/c1-9-6-13(16)17-10(2)15(9)12-5-3-4-11(7-12)8-14(18)19/h3-7H,8H2,1-2H3,(H2,16,17)(H,18,19). The van der Waals surface area contributed by atoms with E-state index in [1.807, 2.05) is 44.2 Å². The summed E-state index contributed by atoms with van der Waals surface area (Å²) < 4.78 is 0. The summed E-state index contributed by atoms with van der Waals surface area (Å²) in [6.07, 6.45) is 0.0222. The van der Waals surface area contributed by atoms with Crippen molar-refractivity contribution in [2.75, 3.05) is 5.73 Å². The third-order valence-corrected chi connectivity index (χ3v) is 2.99. The zero-order valence-corrected chi connectivity index (χ0v) is 11.0. The van der Waals surface area contributed by atoms with Crippen LogP contribution in [-0.2, 0) is 11.2 Å². The molecule has 1 aromatic heterocycles. The predicted octanol–water partition coefficient (Wildman–Crippen LogP) is 2.57. The second-order valence-corrected chi connectivity index (χ2v) is 4.60. The van der Waals surface area contributed by atoms with E-state index < -0.39 is 5.97 Å². The number of nitrogens with two attached hydrogens (primary N) is 1. The smallest absolute Gasteiger partial charge is 0.307 e. The van der Waals surface area contributed by atoms with Gasteiger partial charge in [-0.15, -0.1) is 0 Å². The molecule has 0 radical (unpaired) electrons. The Morgan fingerprint density at radius 3 is 2.68 bits per heavy atom. The number of hydrogen-bond donors (Lipinski definition) is 2. The summed E-state index contributed by atoms with van der Waals surface area (Å²) in [6.45, 7) is 3.88. The Bertz CT molecular complexity index is 613. The first kappa shape index (κ1) is 13.1. The van der Waals surface area contributed by atoms with Crippen LogP contribution in [0.3, 0.4) is 0 Å². The molecule has 98 valence electrons. The minimum atomic E-state index is -0.832. The molecule has 19 heavy (non-hydrogen) atoms. The van der Waals surface area contributed by atoms with E-state index in [0.717, 1.165) is 27.9 Å². The van der Waals surface area contributed by atoms with Crippen molar-refractivity contribution in [2.24, 2.45) is 0 Å². The highest BCUT2D eigenvalue weighted by molar-refractivity contribution is 5.74. The molecule has 2 rings (SSSR count). The average Bonchev–Trinajstić information content (AvgIpc) is 2.26. The van der Waals surface area contributed by atoms with Gasteiger partial charge in [-0.25, -0.2) is 4.98 Å². The van der Waals surface area contributed by atoms with Crippen LogP contribution in [0.5, 0.6) is 0 Å². The Balaban J connectivity index is 2.50. The van der Waals surface area contributed by atoms with Crippen LogP contribution in [0, 0.1) is 13.8 Å². The van der Waals surface area contributed by atoms with E-state index in [1.165, 1.54) is 0 Å². The zero-order valence-electron chi connectivity index (χ0n) is 11.0. The van der Waals surface area contributed by atoms with Gasteiger partial charge in [-0.2, -0.15) is 0 Å². The van der Waals surface area contributed by atoms with Crippen molar-refractivity contribution in [3.05, 3.63) is 47.2 Å². The van der Waals surface area contributed by atoms with E-state index in [4.69, 9.17) is 10.8 Å². The van der Waals surface area contributed by atoms with Gasteiger partial charge in [-0.1, -0.05) is 24.3 Å². The van der Waals surface area contributed by atoms with Gasteiger partial charge < -0.3 is 10.8 Å². The van der Waals surface area contributed by atoms with Crippen molar-refractivity contribution in [3.8, 4) is 11.1 Å². The molecule has 0 bridgehead atoms. The average molecular weight is 256 g/mol. The molecule has 0 saturated carbocycles. The van der Waals surface area contributed by atoms with Gasteiger partial charge in [0.1, 0.15) is 5.82 Å². The summed E-state index contributed by atoms with van der Waals surface area (Å²) in [5.74, 6) is -0.332. The number of aryl methyl sites for hydroxylation is 2. The molecule has 0 aliphatic carbocycles. The minimum Gasteiger partial charge on any atom is -0.481 e. The van der Waals surface area contributed by atoms with E-state index in [2.05, 4.69) is 4.98 Å². The monoisotopic (exact) mass is 256 g/mol. The SMILES string of the molecule is Cc1cc(N)nc(C)c1-c1cccc(CC(=O)O)c1. The molecule has 0 atom stereocenters. The molecule has 4 nitrogen and oxygen atoms in total. The highest BCUT2D eigenvalue weighted by Gasteiger charge is 2.09. The first-order valence-electron chi connectivity index (χ1n) is 6.02. The summed E-state index contributed by atoms with van der Waals surface area (Å²) in [5, 5.41) is 8.85. The lowest BCUT2D eigenvalue weighted by atomic mass is 9.97. The fraction of sp³-hybridized carbons (Fsp3) is 0.200. The number of rotatable bonds is 3. The molecule has 4 heteroatoms. The molecule has 0 aliphatic heterocycles. The lowest BCUT2D eigenvalue weighted by Gasteiger charge is -2.11. The lowest BCUT2D eigenvalue weighted by Crippen LogP contribution is -2.01. The fourth-order valence-corrected chi connectivity index (χ4v) is 2.31. The predicted molar refractivity (Wildman–Crippen MR) is 74.9 cm³/mol. The lowest BCUT2D eigenvalue weighted by molar-refractivity contribution is -0.136. The summed E-state index contributed by atoms with van der Waals surface area (Å²) in [4.78, 5) is 15.0. The Hall–Kier alpha value is -2.36. The number of carboxylic acid groups (broad SMARTS) is 1. The first-order chi connectivity index (χ1) is 8.97. The van der Waals surface area contributed by atoms with Crippen LogP contribution in [-0.4, -0.2) is 16.1 Å². The Morgan fingerprint density at radius 2 is 2.05 bits per heavy atom. The van der Waals surface area contributed by atoms with Crippen LogP contribution >= 0.6 is 0 Å². The summed E-state index contributed by atoms with van der Waals surface area (Å²) in [5.41, 5.74) is 10.4. The molecular weight excluding hydrogens is 240 g/mol. The second-order valence-electron chi connectivity index (χ2n) is 4.60. The zero-order chi connectivity index (χ0) is 14.0. The van der Waals surface area contributed by atoms with Gasteiger partial charge >= 0.3 is 5.97 Å². The third-order valence-electron chi connectivity index (χ3n) is 2.99. The number of pyridine rings is 1. The Morgan fingerprint density at radius 1 is 1.32 bits per heavy atom. The number of anilines is 1. The van der Waals surface area contributed by atoms with Crippen molar-refractivity contribution in [3.63, 3.8) is 0 Å². The van der Waals surface area contributed by atoms with Gasteiger partial charge in [-0.05, 0) is 36.6 Å². The van der Waals surface area contributed by atoms with E-state index in [-0.39, 0.29) is 6.42 Å².